The van der Waals surface area contributed by atoms with Crippen LogP contribution in [0.15, 0.2) is 49.1 Å². The number of rotatable bonds is 8. The fourth-order valence-corrected chi connectivity index (χ4v) is 2.57. The lowest BCUT2D eigenvalue weighted by Crippen LogP contribution is -2.10. The van der Waals surface area contributed by atoms with E-state index in [0.29, 0.717) is 35.4 Å². The summed E-state index contributed by atoms with van der Waals surface area (Å²) in [4.78, 5) is 12.4. The SMILES string of the molecule is COc1ccc(CCNc2ncnc(Nc3ccncc3)c2N)cc1OC. The molecule has 0 fully saturated rings. The lowest BCUT2D eigenvalue weighted by Gasteiger charge is -2.13. The van der Waals surface area contributed by atoms with Crippen molar-refractivity contribution in [1.29, 1.82) is 0 Å². The van der Waals surface area contributed by atoms with E-state index >= 15 is 0 Å². The first-order chi connectivity index (χ1) is 13.2. The summed E-state index contributed by atoms with van der Waals surface area (Å²) in [5, 5.41) is 6.42. The number of pyridine rings is 1. The zero-order valence-corrected chi connectivity index (χ0v) is 15.3. The van der Waals surface area contributed by atoms with E-state index in [-0.39, 0.29) is 0 Å². The van der Waals surface area contributed by atoms with Crippen LogP contribution in [0.4, 0.5) is 23.0 Å². The number of hydrogen-bond acceptors (Lipinski definition) is 8. The van der Waals surface area contributed by atoms with Gasteiger partial charge in [0.05, 0.1) is 14.2 Å². The Kier molecular flexibility index (Phi) is 5.88. The Labute approximate surface area is 157 Å². The van der Waals surface area contributed by atoms with Gasteiger partial charge in [-0.15, -0.1) is 0 Å². The van der Waals surface area contributed by atoms with Crippen LogP contribution in [0, 0.1) is 0 Å². The Morgan fingerprint density at radius 2 is 1.70 bits per heavy atom. The Hall–Kier alpha value is -3.55. The number of ether oxygens (including phenoxy) is 2. The molecule has 0 aliphatic carbocycles. The Morgan fingerprint density at radius 3 is 2.44 bits per heavy atom. The van der Waals surface area contributed by atoms with Gasteiger partial charge in [0.15, 0.2) is 23.1 Å². The molecule has 0 amide bonds. The highest BCUT2D eigenvalue weighted by atomic mass is 16.5. The number of nitrogen functional groups attached to an aromatic ring is 1. The molecule has 0 radical (unpaired) electrons. The average molecular weight is 366 g/mol. The summed E-state index contributed by atoms with van der Waals surface area (Å²) in [7, 11) is 3.24. The summed E-state index contributed by atoms with van der Waals surface area (Å²) < 4.78 is 10.6. The van der Waals surface area contributed by atoms with Crippen LogP contribution in [0.25, 0.3) is 0 Å². The highest BCUT2D eigenvalue weighted by molar-refractivity contribution is 5.77. The molecule has 27 heavy (non-hydrogen) atoms. The van der Waals surface area contributed by atoms with Crippen LogP contribution in [0.1, 0.15) is 5.56 Å². The van der Waals surface area contributed by atoms with Gasteiger partial charge in [0.1, 0.15) is 12.0 Å². The third-order valence-electron chi connectivity index (χ3n) is 3.98. The number of nitrogens with zero attached hydrogens (tertiary/aromatic N) is 3. The van der Waals surface area contributed by atoms with Crippen LogP contribution in [0.5, 0.6) is 11.5 Å². The monoisotopic (exact) mass is 366 g/mol. The van der Waals surface area contributed by atoms with Crippen molar-refractivity contribution in [2.45, 2.75) is 6.42 Å². The van der Waals surface area contributed by atoms with Crippen molar-refractivity contribution in [3.05, 3.63) is 54.6 Å². The van der Waals surface area contributed by atoms with Gasteiger partial charge in [-0.2, -0.15) is 0 Å². The van der Waals surface area contributed by atoms with Crippen molar-refractivity contribution < 1.29 is 9.47 Å². The number of nitrogens with one attached hydrogen (secondary N) is 2. The molecule has 8 nitrogen and oxygen atoms in total. The van der Waals surface area contributed by atoms with Crippen molar-refractivity contribution >= 4 is 23.0 Å². The van der Waals surface area contributed by atoms with Crippen molar-refractivity contribution in [2.24, 2.45) is 0 Å². The number of methoxy groups -OCH3 is 2. The maximum absolute atomic E-state index is 6.19. The van der Waals surface area contributed by atoms with Crippen LogP contribution in [-0.4, -0.2) is 35.7 Å². The molecule has 0 aliphatic rings. The van der Waals surface area contributed by atoms with E-state index in [2.05, 4.69) is 25.6 Å². The minimum atomic E-state index is 0.460. The van der Waals surface area contributed by atoms with E-state index in [1.54, 1.807) is 26.6 Å². The number of nitrogens with two attached hydrogens (primary N) is 1. The first-order valence-electron chi connectivity index (χ1n) is 8.43. The first-order valence-corrected chi connectivity index (χ1v) is 8.43. The summed E-state index contributed by atoms with van der Waals surface area (Å²) in [6.07, 6.45) is 5.64. The van der Waals surface area contributed by atoms with Crippen molar-refractivity contribution in [2.75, 3.05) is 37.1 Å². The van der Waals surface area contributed by atoms with Gasteiger partial charge in [-0.25, -0.2) is 9.97 Å². The highest BCUT2D eigenvalue weighted by Gasteiger charge is 2.09. The fourth-order valence-electron chi connectivity index (χ4n) is 2.57. The molecule has 3 rings (SSSR count). The van der Waals surface area contributed by atoms with E-state index in [1.165, 1.54) is 6.33 Å². The molecule has 2 aromatic heterocycles. The van der Waals surface area contributed by atoms with E-state index in [4.69, 9.17) is 15.2 Å². The summed E-state index contributed by atoms with van der Waals surface area (Å²) >= 11 is 0. The van der Waals surface area contributed by atoms with E-state index in [0.717, 1.165) is 17.7 Å². The fraction of sp³-hybridized carbons (Fsp3) is 0.211. The number of aromatic nitrogens is 3. The van der Waals surface area contributed by atoms with Gasteiger partial charge in [-0.3, -0.25) is 4.98 Å². The lowest BCUT2D eigenvalue weighted by atomic mass is 10.1. The summed E-state index contributed by atoms with van der Waals surface area (Å²) in [6, 6.07) is 9.53. The molecule has 0 saturated carbocycles. The van der Waals surface area contributed by atoms with Gasteiger partial charge in [0.2, 0.25) is 0 Å². The predicted octanol–water partition coefficient (Wildman–Crippen LogP) is 2.87. The maximum atomic E-state index is 6.19. The highest BCUT2D eigenvalue weighted by Crippen LogP contribution is 2.28. The quantitative estimate of drug-likeness (QED) is 0.559. The maximum Gasteiger partial charge on any atom is 0.160 e. The Balaban J connectivity index is 1.64. The lowest BCUT2D eigenvalue weighted by molar-refractivity contribution is 0.354. The van der Waals surface area contributed by atoms with Gasteiger partial charge < -0.3 is 25.8 Å². The third kappa shape index (κ3) is 4.55. The van der Waals surface area contributed by atoms with Crippen LogP contribution in [0.2, 0.25) is 0 Å². The van der Waals surface area contributed by atoms with Crippen molar-refractivity contribution in [1.82, 2.24) is 15.0 Å². The number of anilines is 4. The normalized spacial score (nSPS) is 10.3. The van der Waals surface area contributed by atoms with Gasteiger partial charge in [-0.05, 0) is 36.2 Å². The second-order valence-corrected chi connectivity index (χ2v) is 5.71. The van der Waals surface area contributed by atoms with Gasteiger partial charge in [-0.1, -0.05) is 6.07 Å². The molecule has 3 aromatic rings. The zero-order chi connectivity index (χ0) is 19.1. The van der Waals surface area contributed by atoms with Gasteiger partial charge in [0, 0.05) is 24.6 Å². The second kappa shape index (κ2) is 8.70. The minimum Gasteiger partial charge on any atom is -0.493 e. The molecule has 8 heteroatoms. The standard InChI is InChI=1S/C19H22N6O2/c1-26-15-4-3-13(11-16(15)27-2)5-10-22-18-17(20)19(24-12-23-18)25-14-6-8-21-9-7-14/h3-4,6-9,11-12H,5,10,20H2,1-2H3,(H2,21,22,23,24,25). The molecule has 140 valence electrons. The van der Waals surface area contributed by atoms with E-state index in [1.807, 2.05) is 30.3 Å². The van der Waals surface area contributed by atoms with Crippen LogP contribution < -0.4 is 25.8 Å². The zero-order valence-electron chi connectivity index (χ0n) is 15.3. The molecule has 0 aliphatic heterocycles. The van der Waals surface area contributed by atoms with Gasteiger partial charge in [0.25, 0.3) is 0 Å². The third-order valence-corrected chi connectivity index (χ3v) is 3.98. The molecule has 2 heterocycles. The van der Waals surface area contributed by atoms with E-state index in [9.17, 15) is 0 Å². The number of benzene rings is 1. The molecule has 4 N–H and O–H groups in total. The smallest absolute Gasteiger partial charge is 0.160 e. The minimum absolute atomic E-state index is 0.460. The topological polar surface area (TPSA) is 107 Å². The van der Waals surface area contributed by atoms with Gasteiger partial charge >= 0.3 is 0 Å². The Bertz CT molecular complexity index is 889. The molecule has 0 unspecified atom stereocenters. The van der Waals surface area contributed by atoms with Crippen molar-refractivity contribution in [3.8, 4) is 11.5 Å². The van der Waals surface area contributed by atoms with Crippen LogP contribution >= 0.6 is 0 Å². The predicted molar refractivity (Wildman–Crippen MR) is 106 cm³/mol. The number of hydrogen-bond donors (Lipinski definition) is 3. The molecular formula is C19H22N6O2. The molecule has 1 aromatic carbocycles. The molecule has 0 spiro atoms. The first kappa shape index (κ1) is 18.2. The molecule has 0 bridgehead atoms. The van der Waals surface area contributed by atoms with Crippen LogP contribution in [0.3, 0.4) is 0 Å². The molecule has 0 saturated heterocycles. The molecular weight excluding hydrogens is 344 g/mol. The Morgan fingerprint density at radius 1 is 0.963 bits per heavy atom. The van der Waals surface area contributed by atoms with Crippen LogP contribution in [-0.2, 0) is 6.42 Å². The average Bonchev–Trinajstić information content (AvgIpc) is 2.71. The summed E-state index contributed by atoms with van der Waals surface area (Å²) in [6.45, 7) is 0.658. The molecule has 0 atom stereocenters. The largest absolute Gasteiger partial charge is 0.493 e. The summed E-state index contributed by atoms with van der Waals surface area (Å²) in [5.74, 6) is 2.55. The van der Waals surface area contributed by atoms with E-state index < -0.39 is 0 Å². The summed E-state index contributed by atoms with van der Waals surface area (Å²) in [5.41, 5.74) is 8.62. The second-order valence-electron chi connectivity index (χ2n) is 5.71. The van der Waals surface area contributed by atoms with Crippen molar-refractivity contribution in [3.63, 3.8) is 0 Å².